The van der Waals surface area contributed by atoms with Crippen molar-refractivity contribution in [3.63, 3.8) is 0 Å². The fourth-order valence-corrected chi connectivity index (χ4v) is 0.941. The average Bonchev–Trinajstić information content (AvgIpc) is 2.34. The van der Waals surface area contributed by atoms with Crippen molar-refractivity contribution in [3.8, 4) is 0 Å². The van der Waals surface area contributed by atoms with E-state index in [1.165, 1.54) is 12.2 Å². The van der Waals surface area contributed by atoms with Crippen molar-refractivity contribution in [2.45, 2.75) is 12.5 Å². The van der Waals surface area contributed by atoms with Gasteiger partial charge in [-0.3, -0.25) is 4.79 Å². The first-order valence-corrected chi connectivity index (χ1v) is 2.97. The maximum atomic E-state index is 10.3. The summed E-state index contributed by atoms with van der Waals surface area (Å²) in [5.41, 5.74) is 0. The van der Waals surface area contributed by atoms with E-state index in [-0.39, 0.29) is 0 Å². The largest absolute Gasteiger partial charge is 0.481 e. The van der Waals surface area contributed by atoms with Crippen LogP contribution in [0.4, 0.5) is 0 Å². The molecule has 0 saturated heterocycles. The van der Waals surface area contributed by atoms with Crippen LogP contribution >= 0.6 is 0 Å². The smallest absolute Gasteiger partial charge is 0.310 e. The maximum absolute atomic E-state index is 10.3. The molecule has 2 atom stereocenters. The van der Waals surface area contributed by atoms with Gasteiger partial charge < -0.3 is 5.11 Å². The van der Waals surface area contributed by atoms with Gasteiger partial charge in [0, 0.05) is 0 Å². The Morgan fingerprint density at radius 3 is 2.60 bits per heavy atom. The zero-order valence-electron chi connectivity index (χ0n) is 5.23. The normalized spacial score (nSPS) is 30.4. The molecule has 0 aromatic heterocycles. The molecule has 4 heteroatoms. The second-order valence-electron chi connectivity index (χ2n) is 2.24. The summed E-state index contributed by atoms with van der Waals surface area (Å²) in [5.74, 6) is -1.40. The van der Waals surface area contributed by atoms with E-state index in [1.54, 1.807) is 0 Å². The lowest BCUT2D eigenvalue weighted by Crippen LogP contribution is -2.10. The van der Waals surface area contributed by atoms with Crippen LogP contribution in [0.1, 0.15) is 6.42 Å². The van der Waals surface area contributed by atoms with Gasteiger partial charge in [-0.1, -0.05) is 17.3 Å². The molecule has 1 N–H and O–H groups in total. The number of aliphatic carboxylic acids is 1. The Morgan fingerprint density at radius 1 is 1.60 bits per heavy atom. The molecule has 0 bridgehead atoms. The molecule has 0 aromatic carbocycles. The number of carbonyl (C=O) groups is 1. The third-order valence-electron chi connectivity index (χ3n) is 1.51. The van der Waals surface area contributed by atoms with Crippen molar-refractivity contribution in [2.24, 2.45) is 11.1 Å². The standard InChI is InChI=1S/C6H7NO3/c8-6(9)4-1-2-5(3-4)7-10/h1-2,4-5H,3H2,(H,8,9)/t4-,5+/m1/s1. The topological polar surface area (TPSA) is 66.7 Å². The van der Waals surface area contributed by atoms with Crippen molar-refractivity contribution in [3.05, 3.63) is 17.1 Å². The first-order valence-electron chi connectivity index (χ1n) is 2.97. The van der Waals surface area contributed by atoms with Gasteiger partial charge in [0.2, 0.25) is 0 Å². The zero-order valence-corrected chi connectivity index (χ0v) is 5.23. The maximum Gasteiger partial charge on any atom is 0.310 e. The van der Waals surface area contributed by atoms with Crippen LogP contribution in [-0.4, -0.2) is 17.1 Å². The van der Waals surface area contributed by atoms with Crippen LogP contribution in [0.25, 0.3) is 0 Å². The van der Waals surface area contributed by atoms with Gasteiger partial charge in [-0.15, -0.1) is 0 Å². The molecule has 0 radical (unpaired) electrons. The highest BCUT2D eigenvalue weighted by Gasteiger charge is 2.24. The molecule has 1 aliphatic carbocycles. The summed E-state index contributed by atoms with van der Waals surface area (Å²) >= 11 is 0. The van der Waals surface area contributed by atoms with Gasteiger partial charge in [0.25, 0.3) is 0 Å². The highest BCUT2D eigenvalue weighted by atomic mass is 16.4. The Kier molecular flexibility index (Phi) is 1.80. The van der Waals surface area contributed by atoms with E-state index in [0.717, 1.165) is 0 Å². The molecule has 0 aromatic rings. The van der Waals surface area contributed by atoms with Crippen molar-refractivity contribution < 1.29 is 9.90 Å². The molecule has 0 saturated carbocycles. The third kappa shape index (κ3) is 1.21. The predicted molar refractivity (Wildman–Crippen MR) is 34.5 cm³/mol. The van der Waals surface area contributed by atoms with Gasteiger partial charge in [-0.2, -0.15) is 4.91 Å². The number of rotatable bonds is 2. The van der Waals surface area contributed by atoms with Crippen LogP contribution < -0.4 is 0 Å². The molecule has 0 aliphatic heterocycles. The Morgan fingerprint density at radius 2 is 2.30 bits per heavy atom. The van der Waals surface area contributed by atoms with E-state index in [2.05, 4.69) is 5.18 Å². The van der Waals surface area contributed by atoms with Crippen molar-refractivity contribution in [2.75, 3.05) is 0 Å². The molecule has 54 valence electrons. The minimum Gasteiger partial charge on any atom is -0.481 e. The van der Waals surface area contributed by atoms with E-state index in [1.807, 2.05) is 0 Å². The lowest BCUT2D eigenvalue weighted by atomic mass is 10.1. The Balaban J connectivity index is 2.52. The van der Waals surface area contributed by atoms with Crippen LogP contribution in [0.3, 0.4) is 0 Å². The third-order valence-corrected chi connectivity index (χ3v) is 1.51. The van der Waals surface area contributed by atoms with E-state index in [9.17, 15) is 9.70 Å². The second-order valence-corrected chi connectivity index (χ2v) is 2.24. The summed E-state index contributed by atoms with van der Waals surface area (Å²) in [4.78, 5) is 20.1. The zero-order chi connectivity index (χ0) is 7.56. The number of carboxylic acids is 1. The Labute approximate surface area is 57.5 Å². The molecular formula is C6H7NO3. The quantitative estimate of drug-likeness (QED) is 0.456. The highest BCUT2D eigenvalue weighted by molar-refractivity contribution is 5.72. The van der Waals surface area contributed by atoms with E-state index in [0.29, 0.717) is 6.42 Å². The van der Waals surface area contributed by atoms with Crippen LogP contribution in [-0.2, 0) is 4.79 Å². The van der Waals surface area contributed by atoms with Gasteiger partial charge >= 0.3 is 5.97 Å². The first kappa shape index (κ1) is 6.92. The summed E-state index contributed by atoms with van der Waals surface area (Å²) in [5, 5.41) is 11.2. The summed E-state index contributed by atoms with van der Waals surface area (Å²) in [7, 11) is 0. The van der Waals surface area contributed by atoms with Crippen LogP contribution in [0.5, 0.6) is 0 Å². The SMILES string of the molecule is O=N[C@H]1C=C[C@@H](C(=O)O)C1. The van der Waals surface area contributed by atoms with Crippen LogP contribution in [0.15, 0.2) is 17.3 Å². The summed E-state index contributed by atoms with van der Waals surface area (Å²) in [6.07, 6.45) is 3.36. The number of nitroso groups, excluding NO2 is 1. The summed E-state index contributed by atoms with van der Waals surface area (Å²) in [6, 6.07) is -0.430. The lowest BCUT2D eigenvalue weighted by molar-refractivity contribution is -0.140. The van der Waals surface area contributed by atoms with E-state index >= 15 is 0 Å². The average molecular weight is 141 g/mol. The molecule has 1 aliphatic rings. The van der Waals surface area contributed by atoms with Gasteiger partial charge in [-0.25, -0.2) is 0 Å². The van der Waals surface area contributed by atoms with Gasteiger partial charge in [0.1, 0.15) is 6.04 Å². The number of hydrogen-bond donors (Lipinski definition) is 1. The first-order chi connectivity index (χ1) is 4.74. The fourth-order valence-electron chi connectivity index (χ4n) is 0.941. The molecule has 0 amide bonds. The summed E-state index contributed by atoms with van der Waals surface area (Å²) in [6.45, 7) is 0. The Hall–Kier alpha value is -1.19. The molecule has 0 unspecified atom stereocenters. The summed E-state index contributed by atoms with van der Waals surface area (Å²) < 4.78 is 0. The molecule has 10 heavy (non-hydrogen) atoms. The molecule has 0 spiro atoms. The van der Waals surface area contributed by atoms with Crippen LogP contribution in [0, 0.1) is 10.8 Å². The molecule has 4 nitrogen and oxygen atoms in total. The lowest BCUT2D eigenvalue weighted by Gasteiger charge is -1.98. The van der Waals surface area contributed by atoms with E-state index < -0.39 is 17.9 Å². The predicted octanol–water partition coefficient (Wildman–Crippen LogP) is 0.782. The monoisotopic (exact) mass is 141 g/mol. The number of carboxylic acid groups (broad SMARTS) is 1. The Bertz CT molecular complexity index is 187. The minimum absolute atomic E-state index is 0.318. The van der Waals surface area contributed by atoms with Crippen molar-refractivity contribution in [1.29, 1.82) is 0 Å². The minimum atomic E-state index is -0.887. The van der Waals surface area contributed by atoms with Gasteiger partial charge in [-0.05, 0) is 6.42 Å². The van der Waals surface area contributed by atoms with Crippen molar-refractivity contribution >= 4 is 5.97 Å². The number of nitrogens with zero attached hydrogens (tertiary/aromatic N) is 1. The van der Waals surface area contributed by atoms with Gasteiger partial charge in [0.05, 0.1) is 5.92 Å². The fraction of sp³-hybridized carbons (Fsp3) is 0.500. The number of hydrogen-bond acceptors (Lipinski definition) is 3. The van der Waals surface area contributed by atoms with Crippen LogP contribution in [0.2, 0.25) is 0 Å². The molecule has 0 fully saturated rings. The molecule has 1 rings (SSSR count). The molecule has 0 heterocycles. The van der Waals surface area contributed by atoms with Gasteiger partial charge in [0.15, 0.2) is 0 Å². The highest BCUT2D eigenvalue weighted by Crippen LogP contribution is 2.19. The van der Waals surface area contributed by atoms with E-state index in [4.69, 9.17) is 5.11 Å². The second kappa shape index (κ2) is 2.60. The van der Waals surface area contributed by atoms with Crippen molar-refractivity contribution in [1.82, 2.24) is 0 Å². The molecular weight excluding hydrogens is 134 g/mol.